The van der Waals surface area contributed by atoms with Crippen LogP contribution in [0.1, 0.15) is 40.6 Å². The van der Waals surface area contributed by atoms with Gasteiger partial charge in [0, 0.05) is 17.5 Å². The third-order valence-electron chi connectivity index (χ3n) is 3.13. The number of aromatic nitrogens is 1. The lowest BCUT2D eigenvalue weighted by Gasteiger charge is -2.03. The van der Waals surface area contributed by atoms with E-state index in [-0.39, 0.29) is 11.8 Å². The highest BCUT2D eigenvalue weighted by atomic mass is 32.1. The van der Waals surface area contributed by atoms with Gasteiger partial charge >= 0.3 is 0 Å². The highest BCUT2D eigenvalue weighted by molar-refractivity contribution is 7.14. The van der Waals surface area contributed by atoms with Crippen molar-refractivity contribution in [1.29, 1.82) is 0 Å². The van der Waals surface area contributed by atoms with Gasteiger partial charge in [0.1, 0.15) is 11.4 Å². The molecule has 0 fully saturated rings. The molecule has 2 amide bonds. The highest BCUT2D eigenvalue weighted by Crippen LogP contribution is 2.17. The summed E-state index contributed by atoms with van der Waals surface area (Å²) in [4.78, 5) is 28.1. The largest absolute Gasteiger partial charge is 0.497 e. The van der Waals surface area contributed by atoms with Crippen LogP contribution in [0.3, 0.4) is 0 Å². The molecule has 23 heavy (non-hydrogen) atoms. The van der Waals surface area contributed by atoms with Crippen LogP contribution in [0.25, 0.3) is 0 Å². The van der Waals surface area contributed by atoms with Crippen molar-refractivity contribution < 1.29 is 14.3 Å². The monoisotopic (exact) mass is 333 g/mol. The van der Waals surface area contributed by atoms with E-state index in [2.05, 4.69) is 22.5 Å². The van der Waals surface area contributed by atoms with Crippen molar-refractivity contribution in [1.82, 2.24) is 10.3 Å². The van der Waals surface area contributed by atoms with Gasteiger partial charge in [-0.1, -0.05) is 13.3 Å². The predicted molar refractivity (Wildman–Crippen MR) is 90.3 cm³/mol. The van der Waals surface area contributed by atoms with Crippen LogP contribution in [0.5, 0.6) is 5.75 Å². The van der Waals surface area contributed by atoms with Crippen LogP contribution in [0.15, 0.2) is 29.6 Å². The number of rotatable bonds is 7. The summed E-state index contributed by atoms with van der Waals surface area (Å²) in [6.07, 6.45) is 1.94. The van der Waals surface area contributed by atoms with Crippen LogP contribution in [0.2, 0.25) is 0 Å². The first-order valence-electron chi connectivity index (χ1n) is 7.33. The molecule has 2 rings (SSSR count). The van der Waals surface area contributed by atoms with E-state index >= 15 is 0 Å². The third-order valence-corrected chi connectivity index (χ3v) is 3.88. The molecule has 0 radical (unpaired) electrons. The minimum atomic E-state index is -0.278. The zero-order chi connectivity index (χ0) is 16.7. The van der Waals surface area contributed by atoms with Gasteiger partial charge in [0.25, 0.3) is 11.8 Å². The number of methoxy groups -OCH3 is 1. The SMILES string of the molecule is CCCCNC(=O)c1csc(NC(=O)c2ccc(OC)cc2)n1. The quantitative estimate of drug-likeness (QED) is 0.764. The molecule has 0 bridgehead atoms. The van der Waals surface area contributed by atoms with E-state index in [4.69, 9.17) is 4.74 Å². The lowest BCUT2D eigenvalue weighted by atomic mass is 10.2. The number of unbranched alkanes of at least 4 members (excludes halogenated alkanes) is 1. The molecule has 0 unspecified atom stereocenters. The Kier molecular flexibility index (Phi) is 6.10. The number of amides is 2. The molecule has 6 nitrogen and oxygen atoms in total. The van der Waals surface area contributed by atoms with E-state index in [1.807, 2.05) is 0 Å². The van der Waals surface area contributed by atoms with Gasteiger partial charge in [-0.05, 0) is 30.7 Å². The van der Waals surface area contributed by atoms with Crippen molar-refractivity contribution in [2.45, 2.75) is 19.8 Å². The molecule has 122 valence electrons. The first-order chi connectivity index (χ1) is 11.1. The first kappa shape index (κ1) is 17.0. The minimum Gasteiger partial charge on any atom is -0.497 e. The van der Waals surface area contributed by atoms with Gasteiger partial charge in [-0.25, -0.2) is 4.98 Å². The molecule has 0 atom stereocenters. The van der Waals surface area contributed by atoms with Crippen molar-refractivity contribution >= 4 is 28.3 Å². The van der Waals surface area contributed by atoms with Crippen molar-refractivity contribution in [2.75, 3.05) is 19.0 Å². The van der Waals surface area contributed by atoms with Crippen LogP contribution in [-0.4, -0.2) is 30.5 Å². The first-order valence-corrected chi connectivity index (χ1v) is 8.21. The number of hydrogen-bond acceptors (Lipinski definition) is 5. The summed E-state index contributed by atoms with van der Waals surface area (Å²) in [6.45, 7) is 2.68. The zero-order valence-electron chi connectivity index (χ0n) is 13.1. The Morgan fingerprint density at radius 1 is 1.22 bits per heavy atom. The van der Waals surface area contributed by atoms with Gasteiger partial charge in [-0.15, -0.1) is 11.3 Å². The lowest BCUT2D eigenvalue weighted by molar-refractivity contribution is 0.0947. The van der Waals surface area contributed by atoms with Crippen LogP contribution < -0.4 is 15.4 Å². The molecule has 2 aromatic rings. The summed E-state index contributed by atoms with van der Waals surface area (Å²) >= 11 is 1.22. The van der Waals surface area contributed by atoms with Crippen LogP contribution >= 0.6 is 11.3 Å². The zero-order valence-corrected chi connectivity index (χ0v) is 13.9. The van der Waals surface area contributed by atoms with Gasteiger partial charge < -0.3 is 10.1 Å². The van der Waals surface area contributed by atoms with Gasteiger partial charge in [-0.2, -0.15) is 0 Å². The Balaban J connectivity index is 1.95. The third kappa shape index (κ3) is 4.79. The number of thiazole rings is 1. The summed E-state index contributed by atoms with van der Waals surface area (Å²) in [5.74, 6) is 0.182. The number of carbonyl (C=O) groups is 2. The van der Waals surface area contributed by atoms with E-state index in [0.29, 0.717) is 28.7 Å². The summed E-state index contributed by atoms with van der Waals surface area (Å²) < 4.78 is 5.05. The lowest BCUT2D eigenvalue weighted by Crippen LogP contribution is -2.24. The normalized spacial score (nSPS) is 10.2. The molecule has 1 aromatic heterocycles. The van der Waals surface area contributed by atoms with E-state index in [0.717, 1.165) is 12.8 Å². The molecule has 1 aromatic carbocycles. The van der Waals surface area contributed by atoms with Gasteiger partial charge in [0.05, 0.1) is 7.11 Å². The fourth-order valence-corrected chi connectivity index (χ4v) is 2.50. The van der Waals surface area contributed by atoms with Crippen LogP contribution in [0.4, 0.5) is 5.13 Å². The number of ether oxygens (including phenoxy) is 1. The summed E-state index contributed by atoms with van der Waals surface area (Å²) in [5.41, 5.74) is 0.811. The second kappa shape index (κ2) is 8.28. The number of carbonyl (C=O) groups excluding carboxylic acids is 2. The Morgan fingerprint density at radius 2 is 1.96 bits per heavy atom. The smallest absolute Gasteiger partial charge is 0.270 e. The highest BCUT2D eigenvalue weighted by Gasteiger charge is 2.13. The molecular formula is C16H19N3O3S. The van der Waals surface area contributed by atoms with Crippen molar-refractivity contribution in [2.24, 2.45) is 0 Å². The number of nitrogens with one attached hydrogen (secondary N) is 2. The van der Waals surface area contributed by atoms with E-state index in [1.165, 1.54) is 11.3 Å². The number of hydrogen-bond donors (Lipinski definition) is 2. The fraction of sp³-hybridized carbons (Fsp3) is 0.312. The maximum atomic E-state index is 12.1. The number of benzene rings is 1. The Hall–Kier alpha value is -2.41. The molecule has 0 spiro atoms. The molecular weight excluding hydrogens is 314 g/mol. The average Bonchev–Trinajstić information content (AvgIpc) is 3.03. The Morgan fingerprint density at radius 3 is 2.61 bits per heavy atom. The Labute approximate surface area is 138 Å². The summed E-state index contributed by atoms with van der Waals surface area (Å²) in [6, 6.07) is 6.76. The fourth-order valence-electron chi connectivity index (χ4n) is 1.82. The molecule has 2 N–H and O–H groups in total. The van der Waals surface area contributed by atoms with E-state index in [1.54, 1.807) is 36.8 Å². The van der Waals surface area contributed by atoms with Crippen molar-refractivity contribution in [3.05, 3.63) is 40.9 Å². The number of nitrogens with zero attached hydrogens (tertiary/aromatic N) is 1. The van der Waals surface area contributed by atoms with Gasteiger partial charge in [0.2, 0.25) is 0 Å². The molecule has 0 saturated carbocycles. The Bertz CT molecular complexity index is 667. The second-order valence-corrected chi connectivity index (χ2v) is 5.69. The molecule has 0 aliphatic carbocycles. The average molecular weight is 333 g/mol. The van der Waals surface area contributed by atoms with E-state index in [9.17, 15) is 9.59 Å². The maximum Gasteiger partial charge on any atom is 0.270 e. The maximum absolute atomic E-state index is 12.1. The van der Waals surface area contributed by atoms with E-state index < -0.39 is 0 Å². The standard InChI is InChI=1S/C16H19N3O3S/c1-3-4-9-17-15(21)13-10-23-16(18-13)19-14(20)11-5-7-12(22-2)8-6-11/h5-8,10H,3-4,9H2,1-2H3,(H,17,21)(H,18,19,20). The van der Waals surface area contributed by atoms with Crippen LogP contribution in [0, 0.1) is 0 Å². The van der Waals surface area contributed by atoms with Crippen LogP contribution in [-0.2, 0) is 0 Å². The second-order valence-electron chi connectivity index (χ2n) is 4.83. The minimum absolute atomic E-state index is 0.223. The summed E-state index contributed by atoms with van der Waals surface area (Å²) in [5, 5.41) is 7.50. The van der Waals surface area contributed by atoms with Crippen molar-refractivity contribution in [3.8, 4) is 5.75 Å². The molecule has 7 heteroatoms. The molecule has 0 aliphatic heterocycles. The van der Waals surface area contributed by atoms with Gasteiger partial charge in [0.15, 0.2) is 5.13 Å². The summed E-state index contributed by atoms with van der Waals surface area (Å²) in [7, 11) is 1.57. The van der Waals surface area contributed by atoms with Crippen molar-refractivity contribution in [3.63, 3.8) is 0 Å². The molecule has 0 saturated heterocycles. The van der Waals surface area contributed by atoms with Gasteiger partial charge in [-0.3, -0.25) is 14.9 Å². The number of anilines is 1. The molecule has 0 aliphatic rings. The topological polar surface area (TPSA) is 80.3 Å². The molecule has 1 heterocycles. The predicted octanol–water partition coefficient (Wildman–Crippen LogP) is 2.93.